The fourth-order valence-corrected chi connectivity index (χ4v) is 1.91. The summed E-state index contributed by atoms with van der Waals surface area (Å²) in [6.45, 7) is 1.66. The van der Waals surface area contributed by atoms with Crippen molar-refractivity contribution in [3.05, 3.63) is 53.1 Å². The summed E-state index contributed by atoms with van der Waals surface area (Å²) < 4.78 is 0. The molecule has 6 nitrogen and oxygen atoms in total. The number of para-hydroxylation sites is 2. The number of carbonyl (C=O) groups excluding carboxylic acids is 1. The van der Waals surface area contributed by atoms with Crippen LogP contribution in [0.4, 0.5) is 5.69 Å². The highest BCUT2D eigenvalue weighted by Gasteiger charge is 2.18. The van der Waals surface area contributed by atoms with Gasteiger partial charge in [-0.3, -0.25) is 4.79 Å². The van der Waals surface area contributed by atoms with Crippen molar-refractivity contribution in [2.75, 3.05) is 5.32 Å². The van der Waals surface area contributed by atoms with Crippen LogP contribution in [-0.4, -0.2) is 27.2 Å². The van der Waals surface area contributed by atoms with Gasteiger partial charge in [0.1, 0.15) is 0 Å². The minimum atomic E-state index is -1.17. The average molecular weight is 287 g/mol. The molecule has 2 rings (SSSR count). The van der Waals surface area contributed by atoms with Gasteiger partial charge in [0, 0.05) is 0 Å². The Morgan fingerprint density at radius 1 is 1.00 bits per heavy atom. The summed E-state index contributed by atoms with van der Waals surface area (Å²) in [5.41, 5.74) is 0.526. The quantitative estimate of drug-likeness (QED) is 0.648. The van der Waals surface area contributed by atoms with E-state index in [4.69, 9.17) is 5.11 Å². The molecule has 0 aromatic heterocycles. The molecule has 0 fully saturated rings. The highest BCUT2D eigenvalue weighted by molar-refractivity contribution is 6.09. The van der Waals surface area contributed by atoms with Crippen molar-refractivity contribution in [1.82, 2.24) is 0 Å². The number of anilines is 1. The number of carbonyl (C=O) groups is 2. The van der Waals surface area contributed by atoms with Crippen molar-refractivity contribution in [1.29, 1.82) is 0 Å². The maximum absolute atomic E-state index is 12.1. The van der Waals surface area contributed by atoms with Crippen molar-refractivity contribution in [2.24, 2.45) is 0 Å². The first kappa shape index (κ1) is 14.4. The van der Waals surface area contributed by atoms with Gasteiger partial charge < -0.3 is 20.6 Å². The molecule has 2 aromatic carbocycles. The molecule has 6 heteroatoms. The van der Waals surface area contributed by atoms with Crippen molar-refractivity contribution in [2.45, 2.75) is 6.92 Å². The van der Waals surface area contributed by atoms with Crippen LogP contribution in [0.25, 0.3) is 0 Å². The molecule has 0 aliphatic rings. The zero-order valence-electron chi connectivity index (χ0n) is 11.1. The molecule has 0 aliphatic heterocycles. The summed E-state index contributed by atoms with van der Waals surface area (Å²) in [5, 5.41) is 30.6. The number of phenols is 2. The minimum Gasteiger partial charge on any atom is -0.504 e. The molecule has 0 spiro atoms. The molecule has 0 radical (unpaired) electrons. The molecule has 0 bridgehead atoms. The Hall–Kier alpha value is -3.02. The van der Waals surface area contributed by atoms with E-state index < -0.39 is 23.4 Å². The number of nitrogens with one attached hydrogen (secondary N) is 1. The molecule has 21 heavy (non-hydrogen) atoms. The predicted octanol–water partition coefficient (Wildman–Crippen LogP) is 2.36. The third kappa shape index (κ3) is 2.79. The van der Waals surface area contributed by atoms with Crippen LogP contribution in [-0.2, 0) is 0 Å². The molecule has 0 heterocycles. The lowest BCUT2D eigenvalue weighted by Crippen LogP contribution is -2.16. The molecule has 1 amide bonds. The third-order valence-corrected chi connectivity index (χ3v) is 3.00. The molecule has 0 aliphatic carbocycles. The number of aromatic hydroxyl groups is 2. The third-order valence-electron chi connectivity index (χ3n) is 3.00. The smallest absolute Gasteiger partial charge is 0.337 e. The van der Waals surface area contributed by atoms with Gasteiger partial charge in [-0.05, 0) is 30.7 Å². The van der Waals surface area contributed by atoms with E-state index in [-0.39, 0.29) is 16.8 Å². The van der Waals surface area contributed by atoms with E-state index in [2.05, 4.69) is 5.32 Å². The predicted molar refractivity (Wildman–Crippen MR) is 75.9 cm³/mol. The van der Waals surface area contributed by atoms with Crippen molar-refractivity contribution >= 4 is 17.6 Å². The zero-order valence-corrected chi connectivity index (χ0v) is 11.1. The van der Waals surface area contributed by atoms with Gasteiger partial charge in [0.15, 0.2) is 11.5 Å². The Labute approximate surface area is 120 Å². The first-order valence-electron chi connectivity index (χ1n) is 6.07. The molecular formula is C15H13NO5. The topological polar surface area (TPSA) is 107 Å². The summed E-state index contributed by atoms with van der Waals surface area (Å²) in [6, 6.07) is 8.56. The summed E-state index contributed by atoms with van der Waals surface area (Å²) in [4.78, 5) is 23.3. The maximum atomic E-state index is 12.1. The van der Waals surface area contributed by atoms with Crippen molar-refractivity contribution < 1.29 is 24.9 Å². The molecule has 0 saturated carbocycles. The van der Waals surface area contributed by atoms with Crippen LogP contribution >= 0.6 is 0 Å². The summed E-state index contributed by atoms with van der Waals surface area (Å²) in [5.74, 6) is -2.86. The lowest BCUT2D eigenvalue weighted by molar-refractivity contribution is 0.0698. The monoisotopic (exact) mass is 287 g/mol. The van der Waals surface area contributed by atoms with E-state index in [0.29, 0.717) is 5.56 Å². The van der Waals surface area contributed by atoms with E-state index >= 15 is 0 Å². The van der Waals surface area contributed by atoms with Gasteiger partial charge in [0.2, 0.25) is 0 Å². The number of amides is 1. The molecular weight excluding hydrogens is 274 g/mol. The Kier molecular flexibility index (Phi) is 3.80. The fraction of sp³-hybridized carbons (Fsp3) is 0.0667. The number of carboxylic acids is 1. The van der Waals surface area contributed by atoms with Crippen LogP contribution < -0.4 is 5.32 Å². The zero-order chi connectivity index (χ0) is 15.6. The first-order valence-corrected chi connectivity index (χ1v) is 6.07. The number of rotatable bonds is 3. The second kappa shape index (κ2) is 5.54. The van der Waals surface area contributed by atoms with Crippen LogP contribution in [0.3, 0.4) is 0 Å². The van der Waals surface area contributed by atoms with Gasteiger partial charge in [-0.1, -0.05) is 18.2 Å². The Morgan fingerprint density at radius 3 is 2.29 bits per heavy atom. The van der Waals surface area contributed by atoms with Crippen LogP contribution in [0.1, 0.15) is 26.3 Å². The first-order chi connectivity index (χ1) is 9.91. The number of phenolic OH excluding ortho intramolecular Hbond substituents is 2. The normalized spacial score (nSPS) is 10.1. The van der Waals surface area contributed by atoms with E-state index in [1.165, 1.54) is 24.3 Å². The Morgan fingerprint density at radius 2 is 1.62 bits per heavy atom. The van der Waals surface area contributed by atoms with Gasteiger partial charge in [0.05, 0.1) is 16.8 Å². The van der Waals surface area contributed by atoms with E-state index in [0.717, 1.165) is 0 Å². The van der Waals surface area contributed by atoms with E-state index in [1.807, 2.05) is 0 Å². The second-order valence-corrected chi connectivity index (χ2v) is 4.43. The second-order valence-electron chi connectivity index (χ2n) is 4.43. The van der Waals surface area contributed by atoms with Crippen molar-refractivity contribution in [3.8, 4) is 11.5 Å². The lowest BCUT2D eigenvalue weighted by Gasteiger charge is -2.12. The molecule has 0 atom stereocenters. The van der Waals surface area contributed by atoms with Crippen LogP contribution in [0.15, 0.2) is 36.4 Å². The lowest BCUT2D eigenvalue weighted by atomic mass is 10.1. The van der Waals surface area contributed by atoms with Crippen molar-refractivity contribution in [3.63, 3.8) is 0 Å². The van der Waals surface area contributed by atoms with Crippen LogP contribution in [0.2, 0.25) is 0 Å². The maximum Gasteiger partial charge on any atom is 0.337 e. The number of benzene rings is 2. The fourth-order valence-electron chi connectivity index (χ4n) is 1.91. The number of aryl methyl sites for hydroxylation is 1. The number of carboxylic acid groups (broad SMARTS) is 1. The molecule has 2 aromatic rings. The standard InChI is InChI=1S/C15H13NO5/c1-8-4-2-5-9(15(20)21)12(8)16-14(19)10-6-3-7-11(17)13(10)18/h2-7,17-18H,1H3,(H,16,19)(H,20,21). The molecule has 0 unspecified atom stereocenters. The van der Waals surface area contributed by atoms with Gasteiger partial charge in [-0.15, -0.1) is 0 Å². The number of hydrogen-bond acceptors (Lipinski definition) is 4. The van der Waals surface area contributed by atoms with E-state index in [9.17, 15) is 19.8 Å². The summed E-state index contributed by atoms with van der Waals surface area (Å²) >= 11 is 0. The van der Waals surface area contributed by atoms with Gasteiger partial charge in [0.25, 0.3) is 5.91 Å². The summed E-state index contributed by atoms with van der Waals surface area (Å²) in [6.07, 6.45) is 0. The highest BCUT2D eigenvalue weighted by atomic mass is 16.4. The van der Waals surface area contributed by atoms with Crippen LogP contribution in [0.5, 0.6) is 11.5 Å². The minimum absolute atomic E-state index is 0.0528. The van der Waals surface area contributed by atoms with Crippen LogP contribution in [0, 0.1) is 6.92 Å². The van der Waals surface area contributed by atoms with Gasteiger partial charge in [-0.25, -0.2) is 4.79 Å². The summed E-state index contributed by atoms with van der Waals surface area (Å²) in [7, 11) is 0. The number of hydrogen-bond donors (Lipinski definition) is 4. The van der Waals surface area contributed by atoms with Gasteiger partial charge >= 0.3 is 5.97 Å². The molecule has 108 valence electrons. The Balaban J connectivity index is 2.41. The largest absolute Gasteiger partial charge is 0.504 e. The van der Waals surface area contributed by atoms with E-state index in [1.54, 1.807) is 19.1 Å². The number of aromatic carboxylic acids is 1. The Bertz CT molecular complexity index is 724. The van der Waals surface area contributed by atoms with Gasteiger partial charge in [-0.2, -0.15) is 0 Å². The average Bonchev–Trinajstić information content (AvgIpc) is 2.43. The molecule has 4 N–H and O–H groups in total. The highest BCUT2D eigenvalue weighted by Crippen LogP contribution is 2.29. The molecule has 0 saturated heterocycles. The SMILES string of the molecule is Cc1cccc(C(=O)O)c1NC(=O)c1cccc(O)c1O.